The lowest BCUT2D eigenvalue weighted by Crippen LogP contribution is -2.38. The van der Waals surface area contributed by atoms with Gasteiger partial charge in [0.1, 0.15) is 6.26 Å². The van der Waals surface area contributed by atoms with Crippen molar-refractivity contribution in [2.45, 2.75) is 20.0 Å². The zero-order valence-electron chi connectivity index (χ0n) is 14.2. The molecule has 0 aliphatic heterocycles. The molecule has 0 aliphatic rings. The highest BCUT2D eigenvalue weighted by molar-refractivity contribution is 14.0. The SMILES string of the molecule is CN=C(NCc1coc(-c2cccs2)n1)N(C)Cc1csc(C)n1.I. The van der Waals surface area contributed by atoms with Gasteiger partial charge in [-0.05, 0) is 18.4 Å². The summed E-state index contributed by atoms with van der Waals surface area (Å²) in [6.07, 6.45) is 1.68. The van der Waals surface area contributed by atoms with Crippen molar-refractivity contribution < 1.29 is 4.42 Å². The van der Waals surface area contributed by atoms with E-state index in [1.807, 2.05) is 36.4 Å². The Morgan fingerprint density at radius 2 is 2.16 bits per heavy atom. The summed E-state index contributed by atoms with van der Waals surface area (Å²) in [7, 11) is 3.76. The fourth-order valence-corrected chi connectivity index (χ4v) is 3.51. The molecule has 25 heavy (non-hydrogen) atoms. The number of aryl methyl sites for hydroxylation is 1. The van der Waals surface area contributed by atoms with Gasteiger partial charge in [0.2, 0.25) is 5.89 Å². The number of hydrogen-bond acceptors (Lipinski definition) is 6. The van der Waals surface area contributed by atoms with Crippen molar-refractivity contribution in [2.24, 2.45) is 4.99 Å². The standard InChI is InChI=1S/C16H19N5OS2.HI/c1-11-19-13(10-24-11)8-21(3)16(17-2)18-7-12-9-22-15(20-12)14-5-4-6-23-14;/h4-6,9-10H,7-8H2,1-3H3,(H,17,18);1H. The Morgan fingerprint density at radius 3 is 2.80 bits per heavy atom. The Bertz CT molecular complexity index is 812. The monoisotopic (exact) mass is 489 g/mol. The minimum Gasteiger partial charge on any atom is -0.443 e. The lowest BCUT2D eigenvalue weighted by Gasteiger charge is -2.20. The average molecular weight is 489 g/mol. The first-order chi connectivity index (χ1) is 11.7. The number of halogens is 1. The molecule has 3 rings (SSSR count). The Kier molecular flexibility index (Phi) is 7.38. The van der Waals surface area contributed by atoms with Crippen LogP contribution < -0.4 is 5.32 Å². The molecule has 0 unspecified atom stereocenters. The molecule has 0 aliphatic carbocycles. The molecule has 0 spiro atoms. The largest absolute Gasteiger partial charge is 0.443 e. The molecule has 0 aromatic carbocycles. The summed E-state index contributed by atoms with van der Waals surface area (Å²) < 4.78 is 5.53. The van der Waals surface area contributed by atoms with E-state index >= 15 is 0 Å². The number of nitrogens with one attached hydrogen (secondary N) is 1. The number of thiophene rings is 1. The van der Waals surface area contributed by atoms with Crippen LogP contribution in [0.4, 0.5) is 0 Å². The molecule has 0 atom stereocenters. The molecule has 3 heterocycles. The first kappa shape index (κ1) is 19.9. The Morgan fingerprint density at radius 1 is 1.32 bits per heavy atom. The van der Waals surface area contributed by atoms with Gasteiger partial charge in [0.05, 0.1) is 34.4 Å². The first-order valence-corrected chi connectivity index (χ1v) is 9.22. The second-order valence-electron chi connectivity index (χ2n) is 5.24. The number of oxazole rings is 1. The van der Waals surface area contributed by atoms with Crippen LogP contribution in [-0.4, -0.2) is 34.9 Å². The molecule has 6 nitrogen and oxygen atoms in total. The molecule has 0 radical (unpaired) electrons. The van der Waals surface area contributed by atoms with Gasteiger partial charge in [-0.15, -0.1) is 46.7 Å². The van der Waals surface area contributed by atoms with Gasteiger partial charge in [0.15, 0.2) is 5.96 Å². The Hall–Kier alpha value is -1.46. The summed E-state index contributed by atoms with van der Waals surface area (Å²) in [5.74, 6) is 1.45. The van der Waals surface area contributed by atoms with Crippen molar-refractivity contribution in [2.75, 3.05) is 14.1 Å². The molecule has 9 heteroatoms. The van der Waals surface area contributed by atoms with Gasteiger partial charge in [-0.1, -0.05) is 6.07 Å². The first-order valence-electron chi connectivity index (χ1n) is 7.47. The summed E-state index contributed by atoms with van der Waals surface area (Å²) in [5, 5.41) is 8.46. The zero-order valence-corrected chi connectivity index (χ0v) is 18.2. The molecule has 0 amide bonds. The van der Waals surface area contributed by atoms with Gasteiger partial charge < -0.3 is 14.6 Å². The van der Waals surface area contributed by atoms with Crippen molar-refractivity contribution in [1.29, 1.82) is 0 Å². The third-order valence-electron chi connectivity index (χ3n) is 3.35. The molecular weight excluding hydrogens is 469 g/mol. The van der Waals surface area contributed by atoms with Crippen molar-refractivity contribution in [3.05, 3.63) is 45.6 Å². The van der Waals surface area contributed by atoms with Crippen molar-refractivity contribution in [3.8, 4) is 10.8 Å². The normalized spacial score (nSPS) is 11.2. The third-order valence-corrected chi connectivity index (χ3v) is 5.03. The summed E-state index contributed by atoms with van der Waals surface area (Å²) >= 11 is 3.27. The molecule has 0 bridgehead atoms. The lowest BCUT2D eigenvalue weighted by molar-refractivity contribution is 0.470. The maximum Gasteiger partial charge on any atom is 0.236 e. The van der Waals surface area contributed by atoms with E-state index in [4.69, 9.17) is 4.42 Å². The number of rotatable bonds is 5. The third kappa shape index (κ3) is 5.25. The smallest absolute Gasteiger partial charge is 0.236 e. The van der Waals surface area contributed by atoms with E-state index in [2.05, 4.69) is 25.7 Å². The van der Waals surface area contributed by atoms with Crippen LogP contribution in [0.25, 0.3) is 10.8 Å². The molecule has 0 fully saturated rings. The van der Waals surface area contributed by atoms with Crippen LogP contribution in [0, 0.1) is 6.92 Å². The van der Waals surface area contributed by atoms with E-state index in [0.717, 1.165) is 27.2 Å². The fourth-order valence-electron chi connectivity index (χ4n) is 2.25. The van der Waals surface area contributed by atoms with Crippen LogP contribution in [0.15, 0.2) is 38.6 Å². The Labute approximate surface area is 172 Å². The predicted molar refractivity (Wildman–Crippen MR) is 114 cm³/mol. The van der Waals surface area contributed by atoms with Gasteiger partial charge >= 0.3 is 0 Å². The van der Waals surface area contributed by atoms with Crippen LogP contribution in [-0.2, 0) is 13.1 Å². The van der Waals surface area contributed by atoms with E-state index in [0.29, 0.717) is 19.0 Å². The highest BCUT2D eigenvalue weighted by Crippen LogP contribution is 2.23. The second-order valence-corrected chi connectivity index (χ2v) is 7.25. The summed E-state index contributed by atoms with van der Waals surface area (Å²) in [5.41, 5.74) is 1.89. The Balaban J connectivity index is 0.00000225. The van der Waals surface area contributed by atoms with Gasteiger partial charge in [-0.2, -0.15) is 0 Å². The zero-order chi connectivity index (χ0) is 16.9. The predicted octanol–water partition coefficient (Wildman–Crippen LogP) is 3.99. The molecule has 134 valence electrons. The minimum absolute atomic E-state index is 0. The summed E-state index contributed by atoms with van der Waals surface area (Å²) in [4.78, 5) is 16.4. The molecule has 3 aromatic heterocycles. The van der Waals surface area contributed by atoms with Crippen molar-refractivity contribution in [1.82, 2.24) is 20.2 Å². The van der Waals surface area contributed by atoms with E-state index in [1.54, 1.807) is 36.0 Å². The van der Waals surface area contributed by atoms with Gasteiger partial charge in [-0.3, -0.25) is 4.99 Å². The van der Waals surface area contributed by atoms with Gasteiger partial charge in [-0.25, -0.2) is 9.97 Å². The molecular formula is C16H20IN5OS2. The van der Waals surface area contributed by atoms with Gasteiger partial charge in [0.25, 0.3) is 0 Å². The number of aliphatic imine (C=N–C) groups is 1. The maximum absolute atomic E-state index is 5.53. The number of nitrogens with zero attached hydrogens (tertiary/aromatic N) is 4. The van der Waals surface area contributed by atoms with Crippen LogP contribution in [0.1, 0.15) is 16.4 Å². The maximum atomic E-state index is 5.53. The molecule has 1 N–H and O–H groups in total. The van der Waals surface area contributed by atoms with Crippen LogP contribution in [0.2, 0.25) is 0 Å². The summed E-state index contributed by atoms with van der Waals surface area (Å²) in [6.45, 7) is 3.28. The van der Waals surface area contributed by atoms with E-state index in [1.165, 1.54) is 0 Å². The van der Waals surface area contributed by atoms with Crippen LogP contribution >= 0.6 is 46.7 Å². The van der Waals surface area contributed by atoms with Gasteiger partial charge in [0, 0.05) is 19.5 Å². The topological polar surface area (TPSA) is 66.6 Å². The van der Waals surface area contributed by atoms with Crippen LogP contribution in [0.3, 0.4) is 0 Å². The van der Waals surface area contributed by atoms with E-state index in [9.17, 15) is 0 Å². The number of aromatic nitrogens is 2. The van der Waals surface area contributed by atoms with Crippen molar-refractivity contribution in [3.63, 3.8) is 0 Å². The molecule has 0 saturated carbocycles. The van der Waals surface area contributed by atoms with E-state index < -0.39 is 0 Å². The quantitative estimate of drug-likeness (QED) is 0.334. The fraction of sp³-hybridized carbons (Fsp3) is 0.312. The second kappa shape index (κ2) is 9.30. The van der Waals surface area contributed by atoms with E-state index in [-0.39, 0.29) is 24.0 Å². The van der Waals surface area contributed by atoms with Crippen LogP contribution in [0.5, 0.6) is 0 Å². The minimum atomic E-state index is 0. The lowest BCUT2D eigenvalue weighted by atomic mass is 10.4. The summed E-state index contributed by atoms with van der Waals surface area (Å²) in [6, 6.07) is 3.98. The number of hydrogen-bond donors (Lipinski definition) is 1. The molecule has 0 saturated heterocycles. The number of guanidine groups is 1. The highest BCUT2D eigenvalue weighted by atomic mass is 127. The molecule has 3 aromatic rings. The average Bonchev–Trinajstić information content (AvgIpc) is 3.29. The number of thiazole rings is 1. The van der Waals surface area contributed by atoms with Crippen molar-refractivity contribution >= 4 is 52.6 Å². The highest BCUT2D eigenvalue weighted by Gasteiger charge is 2.11.